The zero-order valence-corrected chi connectivity index (χ0v) is 19.7. The second-order valence-corrected chi connectivity index (χ2v) is 9.91. The first-order valence-corrected chi connectivity index (χ1v) is 11.8. The number of benzene rings is 1. The normalized spacial score (nSPS) is 27.4. The van der Waals surface area contributed by atoms with Gasteiger partial charge < -0.3 is 34.3 Å². The van der Waals surface area contributed by atoms with Gasteiger partial charge in [-0.05, 0) is 44.9 Å². The first-order valence-electron chi connectivity index (χ1n) is 11.8. The van der Waals surface area contributed by atoms with Gasteiger partial charge >= 0.3 is 0 Å². The Hall–Kier alpha value is -2.70. The number of ether oxygens (including phenoxy) is 3. The largest absolute Gasteiger partial charge is 0.386 e. The number of aromatic nitrogens is 4. The maximum Gasteiger partial charge on any atom is 0.223 e. The fourth-order valence-electron chi connectivity index (χ4n) is 5.06. The molecule has 3 fully saturated rings. The van der Waals surface area contributed by atoms with Gasteiger partial charge in [-0.25, -0.2) is 19.3 Å². The van der Waals surface area contributed by atoms with Crippen LogP contribution in [0.5, 0.6) is 0 Å². The van der Waals surface area contributed by atoms with Crippen LogP contribution in [0, 0.1) is 12.7 Å². The Kier molecular flexibility index (Phi) is 5.31. The van der Waals surface area contributed by atoms with E-state index < -0.39 is 23.8 Å². The number of nitrogens with one attached hydrogen (secondary N) is 1. The molecule has 0 aliphatic carbocycles. The Morgan fingerprint density at radius 1 is 1.26 bits per heavy atom. The first-order chi connectivity index (χ1) is 16.7. The standard InChI is InChI=1S/C24H28FN5O5/c1-11(2)30-17-5-13(4-15(25)19(17)28-22(30)24(32)9-33-10-24)18-12(3)7-26-23(29-18)27-16-6-14-8-34-21(35-14)20(16)31/h4-5,7,11,14,16,20-21,31-32H,6,8-10H2,1-3H3,(H,26,27,29)/t14-,16+,20-,21+/m0/s1. The zero-order valence-electron chi connectivity index (χ0n) is 19.7. The molecule has 4 atom stereocenters. The summed E-state index contributed by atoms with van der Waals surface area (Å²) in [6.07, 6.45) is 0.644. The summed E-state index contributed by atoms with van der Waals surface area (Å²) in [6, 6.07) is 2.85. The van der Waals surface area contributed by atoms with Crippen molar-refractivity contribution in [1.29, 1.82) is 0 Å². The third-order valence-electron chi connectivity index (χ3n) is 6.90. The molecule has 2 bridgehead atoms. The highest BCUT2D eigenvalue weighted by Crippen LogP contribution is 2.36. The number of hydrogen-bond donors (Lipinski definition) is 3. The van der Waals surface area contributed by atoms with Crippen LogP contribution in [0.25, 0.3) is 22.3 Å². The van der Waals surface area contributed by atoms with Crippen LogP contribution in [0.3, 0.4) is 0 Å². The molecule has 0 saturated carbocycles. The molecule has 0 unspecified atom stereocenters. The van der Waals surface area contributed by atoms with E-state index in [1.54, 1.807) is 6.20 Å². The van der Waals surface area contributed by atoms with E-state index in [0.29, 0.717) is 41.6 Å². The van der Waals surface area contributed by atoms with Crippen molar-refractivity contribution in [3.8, 4) is 11.3 Å². The lowest BCUT2D eigenvalue weighted by Crippen LogP contribution is -2.48. The number of hydrogen-bond acceptors (Lipinski definition) is 9. The smallest absolute Gasteiger partial charge is 0.223 e. The van der Waals surface area contributed by atoms with E-state index in [4.69, 9.17) is 14.2 Å². The summed E-state index contributed by atoms with van der Waals surface area (Å²) in [5, 5.41) is 24.6. The molecule has 6 rings (SSSR count). The molecule has 11 heteroatoms. The first kappa shape index (κ1) is 22.7. The minimum Gasteiger partial charge on any atom is -0.386 e. The van der Waals surface area contributed by atoms with Gasteiger partial charge in [-0.3, -0.25) is 0 Å². The average Bonchev–Trinajstić information content (AvgIpc) is 3.39. The summed E-state index contributed by atoms with van der Waals surface area (Å²) in [4.78, 5) is 13.5. The van der Waals surface area contributed by atoms with Crippen molar-refractivity contribution in [2.24, 2.45) is 0 Å². The molecule has 0 radical (unpaired) electrons. The molecular formula is C24H28FN5O5. The fourth-order valence-corrected chi connectivity index (χ4v) is 5.06. The van der Waals surface area contributed by atoms with Gasteiger partial charge in [0, 0.05) is 17.8 Å². The molecule has 3 saturated heterocycles. The number of rotatable bonds is 5. The van der Waals surface area contributed by atoms with Crippen molar-refractivity contribution in [3.05, 3.63) is 35.5 Å². The molecule has 0 amide bonds. The van der Waals surface area contributed by atoms with Gasteiger partial charge in [-0.1, -0.05) is 0 Å². The van der Waals surface area contributed by atoms with Crippen molar-refractivity contribution in [2.75, 3.05) is 25.1 Å². The molecule has 35 heavy (non-hydrogen) atoms. The third kappa shape index (κ3) is 3.69. The quantitative estimate of drug-likeness (QED) is 0.498. The van der Waals surface area contributed by atoms with E-state index in [-0.39, 0.29) is 36.9 Å². The van der Waals surface area contributed by atoms with Gasteiger partial charge in [0.2, 0.25) is 5.95 Å². The number of halogens is 1. The lowest BCUT2D eigenvalue weighted by Gasteiger charge is -2.36. The summed E-state index contributed by atoms with van der Waals surface area (Å²) in [5.74, 6) is 0.232. The summed E-state index contributed by atoms with van der Waals surface area (Å²) in [5.41, 5.74) is 1.44. The molecule has 2 aromatic heterocycles. The Morgan fingerprint density at radius 2 is 2.06 bits per heavy atom. The SMILES string of the molecule is Cc1cnc(N[C@@H]2C[C@H]3CO[C@H](O3)[C@H]2O)nc1-c1cc(F)c2nc(C3(O)COC3)n(C(C)C)c2c1. The van der Waals surface area contributed by atoms with Crippen molar-refractivity contribution in [3.63, 3.8) is 0 Å². The van der Waals surface area contributed by atoms with Crippen LogP contribution in [0.2, 0.25) is 0 Å². The topological polar surface area (TPSA) is 124 Å². The van der Waals surface area contributed by atoms with Gasteiger partial charge in [-0.2, -0.15) is 0 Å². The monoisotopic (exact) mass is 485 g/mol. The molecule has 3 aliphatic heterocycles. The summed E-state index contributed by atoms with van der Waals surface area (Å²) in [7, 11) is 0. The highest BCUT2D eigenvalue weighted by Gasteiger charge is 2.44. The Balaban J connectivity index is 1.39. The van der Waals surface area contributed by atoms with Crippen molar-refractivity contribution in [2.45, 2.75) is 63.4 Å². The van der Waals surface area contributed by atoms with E-state index >= 15 is 4.39 Å². The molecular weight excluding hydrogens is 457 g/mol. The lowest BCUT2D eigenvalue weighted by molar-refractivity contribution is -0.190. The van der Waals surface area contributed by atoms with Crippen LogP contribution in [0.15, 0.2) is 18.3 Å². The zero-order chi connectivity index (χ0) is 24.5. The van der Waals surface area contributed by atoms with E-state index in [2.05, 4.69) is 20.3 Å². The molecule has 3 N–H and O–H groups in total. The van der Waals surface area contributed by atoms with Gasteiger partial charge in [0.25, 0.3) is 0 Å². The van der Waals surface area contributed by atoms with Gasteiger partial charge in [0.05, 0.1) is 43.2 Å². The van der Waals surface area contributed by atoms with E-state index in [9.17, 15) is 10.2 Å². The van der Waals surface area contributed by atoms with Crippen LogP contribution in [0.1, 0.15) is 37.7 Å². The maximum atomic E-state index is 15.3. The number of anilines is 1. The van der Waals surface area contributed by atoms with E-state index in [0.717, 1.165) is 5.56 Å². The van der Waals surface area contributed by atoms with Gasteiger partial charge in [0.1, 0.15) is 17.4 Å². The molecule has 186 valence electrons. The lowest BCUT2D eigenvalue weighted by atomic mass is 10.0. The van der Waals surface area contributed by atoms with E-state index in [1.807, 2.05) is 31.4 Å². The molecule has 5 heterocycles. The van der Waals surface area contributed by atoms with Gasteiger partial charge in [-0.15, -0.1) is 0 Å². The molecule has 3 aromatic rings. The number of nitrogens with zero attached hydrogens (tertiary/aromatic N) is 4. The van der Waals surface area contributed by atoms with Crippen molar-refractivity contribution < 1.29 is 28.8 Å². The Labute approximate surface area is 201 Å². The molecule has 0 spiro atoms. The average molecular weight is 486 g/mol. The van der Waals surface area contributed by atoms with Crippen LogP contribution >= 0.6 is 0 Å². The highest BCUT2D eigenvalue weighted by molar-refractivity contribution is 5.83. The van der Waals surface area contributed by atoms with Crippen LogP contribution < -0.4 is 5.32 Å². The second kappa shape index (κ2) is 8.17. The van der Waals surface area contributed by atoms with Crippen LogP contribution in [-0.2, 0) is 19.8 Å². The maximum absolute atomic E-state index is 15.3. The van der Waals surface area contributed by atoms with Crippen molar-refractivity contribution in [1.82, 2.24) is 19.5 Å². The number of imidazole rings is 1. The van der Waals surface area contributed by atoms with E-state index in [1.165, 1.54) is 6.07 Å². The summed E-state index contributed by atoms with van der Waals surface area (Å²) in [6.45, 7) is 6.49. The number of aryl methyl sites for hydroxylation is 1. The Bertz CT molecular complexity index is 1290. The van der Waals surface area contributed by atoms with Gasteiger partial charge in [0.15, 0.2) is 17.7 Å². The Morgan fingerprint density at radius 3 is 2.77 bits per heavy atom. The fraction of sp³-hybridized carbons (Fsp3) is 0.542. The predicted molar refractivity (Wildman–Crippen MR) is 123 cm³/mol. The third-order valence-corrected chi connectivity index (χ3v) is 6.90. The minimum absolute atomic E-state index is 0.0643. The number of fused-ring (bicyclic) bond motifs is 3. The molecule has 1 aromatic carbocycles. The predicted octanol–water partition coefficient (Wildman–Crippen LogP) is 2.03. The summed E-state index contributed by atoms with van der Waals surface area (Å²) >= 11 is 0. The number of aliphatic hydroxyl groups excluding tert-OH is 1. The molecule has 10 nitrogen and oxygen atoms in total. The van der Waals surface area contributed by atoms with Crippen LogP contribution in [0.4, 0.5) is 10.3 Å². The number of aliphatic hydroxyl groups is 2. The minimum atomic E-state index is -1.23. The van der Waals surface area contributed by atoms with Crippen LogP contribution in [-0.4, -0.2) is 74.1 Å². The molecule has 3 aliphatic rings. The van der Waals surface area contributed by atoms with Crippen molar-refractivity contribution >= 4 is 17.0 Å². The highest BCUT2D eigenvalue weighted by atomic mass is 19.1. The summed E-state index contributed by atoms with van der Waals surface area (Å²) < 4.78 is 33.5. The second-order valence-electron chi connectivity index (χ2n) is 9.91.